The zero-order chi connectivity index (χ0) is 17.5. The lowest BCUT2D eigenvalue weighted by Gasteiger charge is -2.25. The second kappa shape index (κ2) is 8.68. The second-order valence-corrected chi connectivity index (χ2v) is 6.01. The van der Waals surface area contributed by atoms with Crippen molar-refractivity contribution >= 4 is 17.6 Å². The molecule has 6 nitrogen and oxygen atoms in total. The maximum Gasteiger partial charge on any atom is 0.341 e. The summed E-state index contributed by atoms with van der Waals surface area (Å²) in [5.41, 5.74) is 0.719. The van der Waals surface area contributed by atoms with Crippen molar-refractivity contribution in [1.29, 1.82) is 0 Å². The highest BCUT2D eigenvalue weighted by atomic mass is 16.5. The Balaban J connectivity index is 1.96. The van der Waals surface area contributed by atoms with E-state index in [-0.39, 0.29) is 18.6 Å². The minimum atomic E-state index is -1.03. The van der Waals surface area contributed by atoms with Crippen LogP contribution in [0.15, 0.2) is 24.3 Å². The smallest absolute Gasteiger partial charge is 0.341 e. The van der Waals surface area contributed by atoms with E-state index in [1.807, 2.05) is 6.92 Å². The lowest BCUT2D eigenvalue weighted by Crippen LogP contribution is -2.39. The number of carbonyl (C=O) groups excluding carboxylic acids is 1. The molecule has 2 rings (SSSR count). The van der Waals surface area contributed by atoms with E-state index in [0.717, 1.165) is 18.5 Å². The van der Waals surface area contributed by atoms with E-state index in [9.17, 15) is 9.59 Å². The van der Waals surface area contributed by atoms with Crippen LogP contribution in [0, 0.1) is 0 Å². The third-order valence-corrected chi connectivity index (χ3v) is 4.22. The van der Waals surface area contributed by atoms with Gasteiger partial charge in [0.1, 0.15) is 11.9 Å². The van der Waals surface area contributed by atoms with Gasteiger partial charge in [-0.1, -0.05) is 19.8 Å². The fourth-order valence-corrected chi connectivity index (χ4v) is 2.84. The van der Waals surface area contributed by atoms with Gasteiger partial charge in [0.05, 0.1) is 6.10 Å². The molecule has 0 saturated heterocycles. The number of hydrogen-bond acceptors (Lipinski definition) is 4. The van der Waals surface area contributed by atoms with E-state index < -0.39 is 12.1 Å². The van der Waals surface area contributed by atoms with E-state index >= 15 is 0 Å². The molecule has 0 aromatic heterocycles. The molecule has 0 bridgehead atoms. The number of carboxylic acid groups (broad SMARTS) is 1. The summed E-state index contributed by atoms with van der Waals surface area (Å²) in [6.07, 6.45) is 4.80. The monoisotopic (exact) mass is 335 g/mol. The SMILES string of the molecule is CCC(OC1CCCC1)C(=O)N(C)c1ccc(OCC(=O)O)cc1. The molecule has 1 fully saturated rings. The predicted molar refractivity (Wildman–Crippen MR) is 90.4 cm³/mol. The number of rotatable bonds is 8. The van der Waals surface area contributed by atoms with Crippen LogP contribution in [-0.2, 0) is 14.3 Å². The number of nitrogens with zero attached hydrogens (tertiary/aromatic N) is 1. The Morgan fingerprint density at radius 3 is 2.42 bits per heavy atom. The Morgan fingerprint density at radius 1 is 1.25 bits per heavy atom. The Morgan fingerprint density at radius 2 is 1.88 bits per heavy atom. The van der Waals surface area contributed by atoms with Crippen LogP contribution in [0.2, 0.25) is 0 Å². The molecule has 1 saturated carbocycles. The number of ether oxygens (including phenoxy) is 2. The molecule has 1 atom stereocenters. The zero-order valence-corrected chi connectivity index (χ0v) is 14.2. The van der Waals surface area contributed by atoms with E-state index in [4.69, 9.17) is 14.6 Å². The highest BCUT2D eigenvalue weighted by Crippen LogP contribution is 2.25. The highest BCUT2D eigenvalue weighted by Gasteiger charge is 2.27. The summed E-state index contributed by atoms with van der Waals surface area (Å²) in [7, 11) is 1.72. The van der Waals surface area contributed by atoms with Crippen LogP contribution >= 0.6 is 0 Å². The molecule has 0 aliphatic heterocycles. The number of carboxylic acids is 1. The van der Waals surface area contributed by atoms with Gasteiger partial charge in [-0.2, -0.15) is 0 Å². The van der Waals surface area contributed by atoms with Gasteiger partial charge in [-0.15, -0.1) is 0 Å². The first-order chi connectivity index (χ1) is 11.5. The lowest BCUT2D eigenvalue weighted by molar-refractivity contribution is -0.139. The number of likely N-dealkylation sites (N-methyl/N-ethyl adjacent to an activating group) is 1. The summed E-state index contributed by atoms with van der Waals surface area (Å²) in [4.78, 5) is 24.7. The van der Waals surface area contributed by atoms with Crippen molar-refractivity contribution in [3.05, 3.63) is 24.3 Å². The minimum Gasteiger partial charge on any atom is -0.482 e. The quantitative estimate of drug-likeness (QED) is 0.790. The molecule has 1 unspecified atom stereocenters. The van der Waals surface area contributed by atoms with Gasteiger partial charge >= 0.3 is 5.97 Å². The number of anilines is 1. The third kappa shape index (κ3) is 4.96. The van der Waals surface area contributed by atoms with Gasteiger partial charge in [-0.3, -0.25) is 4.79 Å². The maximum atomic E-state index is 12.7. The van der Waals surface area contributed by atoms with Crippen LogP contribution in [0.4, 0.5) is 5.69 Å². The van der Waals surface area contributed by atoms with Crippen molar-refractivity contribution in [2.75, 3.05) is 18.6 Å². The Kier molecular flexibility index (Phi) is 6.61. The molecule has 1 N–H and O–H groups in total. The van der Waals surface area contributed by atoms with E-state index in [0.29, 0.717) is 12.2 Å². The normalized spacial score (nSPS) is 15.9. The first kappa shape index (κ1) is 18.3. The van der Waals surface area contributed by atoms with Crippen LogP contribution in [0.5, 0.6) is 5.75 Å². The van der Waals surface area contributed by atoms with Crippen molar-refractivity contribution in [2.45, 2.75) is 51.2 Å². The average Bonchev–Trinajstić information content (AvgIpc) is 3.10. The first-order valence-electron chi connectivity index (χ1n) is 8.39. The summed E-state index contributed by atoms with van der Waals surface area (Å²) < 4.78 is 11.1. The summed E-state index contributed by atoms with van der Waals surface area (Å²) in [6, 6.07) is 6.77. The lowest BCUT2D eigenvalue weighted by atomic mass is 10.2. The van der Waals surface area contributed by atoms with Crippen LogP contribution < -0.4 is 9.64 Å². The van der Waals surface area contributed by atoms with Crippen LogP contribution in [-0.4, -0.2) is 42.8 Å². The van der Waals surface area contributed by atoms with Crippen molar-refractivity contribution < 1.29 is 24.2 Å². The molecule has 0 spiro atoms. The second-order valence-electron chi connectivity index (χ2n) is 6.01. The molecule has 1 amide bonds. The number of benzene rings is 1. The molecule has 1 aliphatic carbocycles. The van der Waals surface area contributed by atoms with Crippen molar-refractivity contribution in [1.82, 2.24) is 0 Å². The van der Waals surface area contributed by atoms with Gasteiger partial charge in [-0.25, -0.2) is 4.79 Å². The fraction of sp³-hybridized carbons (Fsp3) is 0.556. The van der Waals surface area contributed by atoms with E-state index in [1.54, 1.807) is 36.2 Å². The molecule has 132 valence electrons. The number of carbonyl (C=O) groups is 2. The fourth-order valence-electron chi connectivity index (χ4n) is 2.84. The minimum absolute atomic E-state index is 0.0661. The topological polar surface area (TPSA) is 76.1 Å². The van der Waals surface area contributed by atoms with Gasteiger partial charge < -0.3 is 19.5 Å². The standard InChI is InChI=1S/C18H25NO5/c1-3-16(24-15-6-4-5-7-15)18(22)19(2)13-8-10-14(11-9-13)23-12-17(20)21/h8-11,15-16H,3-7,12H2,1-2H3,(H,20,21). The van der Waals surface area contributed by atoms with Gasteiger partial charge in [0, 0.05) is 12.7 Å². The molecule has 1 aromatic rings. The van der Waals surface area contributed by atoms with E-state index in [2.05, 4.69) is 0 Å². The number of hydrogen-bond donors (Lipinski definition) is 1. The Labute approximate surface area is 142 Å². The molecule has 1 aromatic carbocycles. The molecule has 24 heavy (non-hydrogen) atoms. The van der Waals surface area contributed by atoms with Crippen molar-refractivity contribution in [3.8, 4) is 5.75 Å². The predicted octanol–water partition coefficient (Wildman–Crippen LogP) is 2.85. The molecule has 0 heterocycles. The highest BCUT2D eigenvalue weighted by molar-refractivity contribution is 5.96. The number of amides is 1. The van der Waals surface area contributed by atoms with Crippen molar-refractivity contribution in [2.24, 2.45) is 0 Å². The summed E-state index contributed by atoms with van der Waals surface area (Å²) >= 11 is 0. The van der Waals surface area contributed by atoms with Crippen LogP contribution in [0.25, 0.3) is 0 Å². The van der Waals surface area contributed by atoms with Crippen LogP contribution in [0.1, 0.15) is 39.0 Å². The van der Waals surface area contributed by atoms with Crippen LogP contribution in [0.3, 0.4) is 0 Å². The van der Waals surface area contributed by atoms with Gasteiger partial charge in [0.25, 0.3) is 5.91 Å². The number of aliphatic carboxylic acids is 1. The maximum absolute atomic E-state index is 12.7. The van der Waals surface area contributed by atoms with Gasteiger partial charge in [0.15, 0.2) is 6.61 Å². The Bertz CT molecular complexity index is 551. The van der Waals surface area contributed by atoms with Crippen molar-refractivity contribution in [3.63, 3.8) is 0 Å². The zero-order valence-electron chi connectivity index (χ0n) is 14.2. The van der Waals surface area contributed by atoms with Gasteiger partial charge in [0.2, 0.25) is 0 Å². The summed E-state index contributed by atoms with van der Waals surface area (Å²) in [5, 5.41) is 8.60. The molecular weight excluding hydrogens is 310 g/mol. The molecular formula is C18H25NO5. The van der Waals surface area contributed by atoms with Gasteiger partial charge in [-0.05, 0) is 43.5 Å². The largest absolute Gasteiger partial charge is 0.482 e. The molecule has 1 aliphatic rings. The molecule has 6 heteroatoms. The summed E-state index contributed by atoms with van der Waals surface area (Å²) in [6.45, 7) is 1.56. The first-order valence-corrected chi connectivity index (χ1v) is 8.39. The molecule has 0 radical (unpaired) electrons. The Hall–Kier alpha value is -2.08. The van der Waals surface area contributed by atoms with E-state index in [1.165, 1.54) is 12.8 Å². The summed E-state index contributed by atoms with van der Waals surface area (Å²) in [5.74, 6) is -0.638. The average molecular weight is 335 g/mol. The third-order valence-electron chi connectivity index (χ3n) is 4.22.